The topological polar surface area (TPSA) is 135 Å². The first-order valence-corrected chi connectivity index (χ1v) is 11.6. The molecule has 0 unspecified atom stereocenters. The monoisotopic (exact) mass is 427 g/mol. The van der Waals surface area contributed by atoms with Gasteiger partial charge in [0, 0.05) is 36.6 Å². The number of aromatic amines is 1. The van der Waals surface area contributed by atoms with Crippen LogP contribution in [0.25, 0.3) is 22.0 Å². The SMILES string of the molecule is NCCS(=O)(=O)N1CCC(c2[nH]nc3c(C(N)=O)cc(-c4ccccc4)cc23)CC1. The third-order valence-corrected chi connectivity index (χ3v) is 7.60. The van der Waals surface area contributed by atoms with E-state index in [4.69, 9.17) is 11.5 Å². The van der Waals surface area contributed by atoms with Crippen LogP contribution in [0.5, 0.6) is 0 Å². The first kappa shape index (κ1) is 20.5. The highest BCUT2D eigenvalue weighted by atomic mass is 32.2. The smallest absolute Gasteiger partial charge is 0.251 e. The Morgan fingerprint density at radius 1 is 1.13 bits per heavy atom. The average Bonchev–Trinajstić information content (AvgIpc) is 3.17. The zero-order valence-electron chi connectivity index (χ0n) is 16.5. The summed E-state index contributed by atoms with van der Waals surface area (Å²) in [5.74, 6) is -0.447. The summed E-state index contributed by atoms with van der Waals surface area (Å²) in [6, 6.07) is 13.6. The van der Waals surface area contributed by atoms with E-state index in [1.165, 1.54) is 4.31 Å². The molecule has 5 N–H and O–H groups in total. The Kier molecular flexibility index (Phi) is 5.59. The van der Waals surface area contributed by atoms with Crippen molar-refractivity contribution in [1.82, 2.24) is 14.5 Å². The van der Waals surface area contributed by atoms with E-state index in [2.05, 4.69) is 10.2 Å². The summed E-state index contributed by atoms with van der Waals surface area (Å²) >= 11 is 0. The van der Waals surface area contributed by atoms with Crippen LogP contribution in [0.4, 0.5) is 0 Å². The van der Waals surface area contributed by atoms with Crippen molar-refractivity contribution in [1.29, 1.82) is 0 Å². The second kappa shape index (κ2) is 8.17. The Morgan fingerprint density at radius 3 is 2.47 bits per heavy atom. The third-order valence-electron chi connectivity index (χ3n) is 5.69. The van der Waals surface area contributed by atoms with Gasteiger partial charge in [0.15, 0.2) is 0 Å². The van der Waals surface area contributed by atoms with E-state index in [1.54, 1.807) is 6.07 Å². The highest BCUT2D eigenvalue weighted by Crippen LogP contribution is 2.35. The van der Waals surface area contributed by atoms with Crippen LogP contribution >= 0.6 is 0 Å². The molecule has 1 aliphatic rings. The fraction of sp³-hybridized carbons (Fsp3) is 0.333. The van der Waals surface area contributed by atoms with Gasteiger partial charge in [0.05, 0.1) is 11.3 Å². The Hall–Kier alpha value is -2.75. The standard InChI is InChI=1S/C21H25N5O3S/c22-8-11-30(28,29)26-9-6-15(7-10-26)19-17-12-16(14-4-2-1-3-5-14)13-18(21(23)27)20(17)25-24-19/h1-5,12-13,15H,6-11,22H2,(H2,23,27)(H,24,25). The molecule has 2 heterocycles. The molecule has 1 amide bonds. The Labute approximate surface area is 175 Å². The quantitative estimate of drug-likeness (QED) is 0.551. The molecule has 0 aliphatic carbocycles. The minimum Gasteiger partial charge on any atom is -0.366 e. The van der Waals surface area contributed by atoms with Gasteiger partial charge in [0.1, 0.15) is 5.52 Å². The number of aromatic nitrogens is 2. The van der Waals surface area contributed by atoms with E-state index in [-0.39, 0.29) is 18.2 Å². The number of nitrogens with one attached hydrogen (secondary N) is 1. The zero-order chi connectivity index (χ0) is 21.3. The molecule has 158 valence electrons. The second-order valence-corrected chi connectivity index (χ2v) is 9.65. The predicted molar refractivity (Wildman–Crippen MR) is 116 cm³/mol. The number of fused-ring (bicyclic) bond motifs is 1. The molecule has 1 aliphatic heterocycles. The molecular formula is C21H25N5O3S. The van der Waals surface area contributed by atoms with Crippen molar-refractivity contribution >= 4 is 26.8 Å². The fourth-order valence-electron chi connectivity index (χ4n) is 4.13. The number of carbonyl (C=O) groups excluding carboxylic acids is 1. The number of sulfonamides is 1. The van der Waals surface area contributed by atoms with Crippen molar-refractivity contribution in [3.05, 3.63) is 53.7 Å². The molecule has 9 heteroatoms. The number of hydrogen-bond donors (Lipinski definition) is 3. The molecule has 2 aromatic carbocycles. The number of piperidine rings is 1. The van der Waals surface area contributed by atoms with Gasteiger partial charge in [-0.3, -0.25) is 9.89 Å². The normalized spacial score (nSPS) is 16.2. The van der Waals surface area contributed by atoms with Gasteiger partial charge >= 0.3 is 0 Å². The lowest BCUT2D eigenvalue weighted by atomic mass is 9.90. The van der Waals surface area contributed by atoms with Gasteiger partial charge in [-0.2, -0.15) is 5.10 Å². The molecule has 0 atom stereocenters. The van der Waals surface area contributed by atoms with Crippen LogP contribution in [-0.2, 0) is 10.0 Å². The van der Waals surface area contributed by atoms with E-state index in [9.17, 15) is 13.2 Å². The molecule has 0 spiro atoms. The summed E-state index contributed by atoms with van der Waals surface area (Å²) in [5, 5.41) is 8.32. The largest absolute Gasteiger partial charge is 0.366 e. The molecule has 1 fully saturated rings. The van der Waals surface area contributed by atoms with Crippen LogP contribution in [0.2, 0.25) is 0 Å². The molecule has 3 aromatic rings. The number of nitrogens with two attached hydrogens (primary N) is 2. The Balaban J connectivity index is 1.69. The summed E-state index contributed by atoms with van der Waals surface area (Å²) in [5.41, 5.74) is 14.8. The van der Waals surface area contributed by atoms with Gasteiger partial charge in [-0.05, 0) is 36.1 Å². The summed E-state index contributed by atoms with van der Waals surface area (Å²) in [6.07, 6.45) is 1.34. The van der Waals surface area contributed by atoms with Gasteiger partial charge in [-0.1, -0.05) is 30.3 Å². The summed E-state index contributed by atoms with van der Waals surface area (Å²) < 4.78 is 26.1. The van der Waals surface area contributed by atoms with E-state index < -0.39 is 15.9 Å². The van der Waals surface area contributed by atoms with Crippen molar-refractivity contribution in [2.24, 2.45) is 11.5 Å². The number of hydrogen-bond acceptors (Lipinski definition) is 5. The maximum atomic E-state index is 12.3. The lowest BCUT2D eigenvalue weighted by molar-refractivity contribution is 0.100. The van der Waals surface area contributed by atoms with Crippen LogP contribution in [0.15, 0.2) is 42.5 Å². The van der Waals surface area contributed by atoms with Crippen LogP contribution < -0.4 is 11.5 Å². The van der Waals surface area contributed by atoms with Crippen molar-refractivity contribution in [2.75, 3.05) is 25.4 Å². The number of primary amides is 1. The van der Waals surface area contributed by atoms with Crippen molar-refractivity contribution in [3.63, 3.8) is 0 Å². The average molecular weight is 428 g/mol. The molecule has 1 saturated heterocycles. The number of nitrogens with zero attached hydrogens (tertiary/aromatic N) is 2. The van der Waals surface area contributed by atoms with Gasteiger partial charge in [0.2, 0.25) is 10.0 Å². The van der Waals surface area contributed by atoms with Gasteiger partial charge in [-0.15, -0.1) is 0 Å². The molecule has 30 heavy (non-hydrogen) atoms. The summed E-state index contributed by atoms with van der Waals surface area (Å²) in [6.45, 7) is 0.995. The molecule has 8 nitrogen and oxygen atoms in total. The third kappa shape index (κ3) is 3.83. The first-order valence-electron chi connectivity index (χ1n) is 9.96. The maximum absolute atomic E-state index is 12.3. The minimum atomic E-state index is -3.31. The minimum absolute atomic E-state index is 0.0347. The van der Waals surface area contributed by atoms with E-state index in [0.717, 1.165) is 22.2 Å². The lowest BCUT2D eigenvalue weighted by Crippen LogP contribution is -2.40. The zero-order valence-corrected chi connectivity index (χ0v) is 17.4. The number of benzene rings is 2. The van der Waals surface area contributed by atoms with Crippen LogP contribution in [0, 0.1) is 0 Å². The second-order valence-electron chi connectivity index (χ2n) is 7.57. The number of carbonyl (C=O) groups is 1. The first-order chi connectivity index (χ1) is 14.4. The van der Waals surface area contributed by atoms with Crippen molar-refractivity contribution < 1.29 is 13.2 Å². The molecule has 0 saturated carbocycles. The highest BCUT2D eigenvalue weighted by Gasteiger charge is 2.30. The summed E-state index contributed by atoms with van der Waals surface area (Å²) in [7, 11) is -3.31. The fourth-order valence-corrected chi connectivity index (χ4v) is 5.46. The number of rotatable bonds is 6. The molecular weight excluding hydrogens is 402 g/mol. The maximum Gasteiger partial charge on any atom is 0.251 e. The number of H-pyrrole nitrogens is 1. The van der Waals surface area contributed by atoms with E-state index in [1.807, 2.05) is 36.4 Å². The van der Waals surface area contributed by atoms with Crippen LogP contribution in [-0.4, -0.2) is 54.2 Å². The summed E-state index contributed by atoms with van der Waals surface area (Å²) in [4.78, 5) is 12.1. The van der Waals surface area contributed by atoms with E-state index in [0.29, 0.717) is 37.0 Å². The Morgan fingerprint density at radius 2 is 1.83 bits per heavy atom. The highest BCUT2D eigenvalue weighted by molar-refractivity contribution is 7.89. The van der Waals surface area contributed by atoms with Gasteiger partial charge < -0.3 is 11.5 Å². The Bertz CT molecular complexity index is 1170. The van der Waals surface area contributed by atoms with Crippen LogP contribution in [0.1, 0.15) is 34.8 Å². The number of amides is 1. The van der Waals surface area contributed by atoms with Crippen LogP contribution in [0.3, 0.4) is 0 Å². The lowest BCUT2D eigenvalue weighted by Gasteiger charge is -2.30. The molecule has 0 bridgehead atoms. The molecule has 0 radical (unpaired) electrons. The predicted octanol–water partition coefficient (Wildman–Crippen LogP) is 1.80. The molecule has 4 rings (SSSR count). The molecule has 1 aromatic heterocycles. The van der Waals surface area contributed by atoms with E-state index >= 15 is 0 Å². The van der Waals surface area contributed by atoms with Gasteiger partial charge in [-0.25, -0.2) is 12.7 Å². The van der Waals surface area contributed by atoms with Crippen molar-refractivity contribution in [2.45, 2.75) is 18.8 Å². The van der Waals surface area contributed by atoms with Gasteiger partial charge in [0.25, 0.3) is 5.91 Å². The van der Waals surface area contributed by atoms with Crippen molar-refractivity contribution in [3.8, 4) is 11.1 Å².